The minimum absolute atomic E-state index is 0.0699. The van der Waals surface area contributed by atoms with Gasteiger partial charge >= 0.3 is 0 Å². The van der Waals surface area contributed by atoms with Gasteiger partial charge in [-0.25, -0.2) is 4.98 Å². The lowest BCUT2D eigenvalue weighted by atomic mass is 10.1. The van der Waals surface area contributed by atoms with Gasteiger partial charge in [-0.3, -0.25) is 4.79 Å². The van der Waals surface area contributed by atoms with Gasteiger partial charge in [0.1, 0.15) is 0 Å². The third-order valence-electron chi connectivity index (χ3n) is 4.40. The van der Waals surface area contributed by atoms with Gasteiger partial charge in [0.2, 0.25) is 11.8 Å². The van der Waals surface area contributed by atoms with Crippen LogP contribution in [-0.2, 0) is 17.8 Å². The van der Waals surface area contributed by atoms with Crippen molar-refractivity contribution in [2.24, 2.45) is 0 Å². The summed E-state index contributed by atoms with van der Waals surface area (Å²) in [5.74, 6) is 2.73. The zero-order chi connectivity index (χ0) is 22.9. The van der Waals surface area contributed by atoms with Crippen molar-refractivity contribution in [2.75, 3.05) is 17.2 Å². The van der Waals surface area contributed by atoms with Crippen molar-refractivity contribution in [3.05, 3.63) is 70.3 Å². The number of rotatable bonds is 9. The first-order chi connectivity index (χ1) is 15.5. The summed E-state index contributed by atoms with van der Waals surface area (Å²) in [5.41, 5.74) is 6.72. The maximum atomic E-state index is 12.6. The number of aromatic nitrogens is 2. The molecular weight excluding hydrogens is 474 g/mol. The molecule has 3 rings (SSSR count). The third-order valence-corrected chi connectivity index (χ3v) is 4.94. The van der Waals surface area contributed by atoms with Gasteiger partial charge in [0.15, 0.2) is 12.6 Å². The smallest absolute Gasteiger partial charge is 0.282 e. The minimum Gasteiger partial charge on any atom is -0.464 e. The van der Waals surface area contributed by atoms with E-state index in [4.69, 9.17) is 11.2 Å². The number of aliphatic hydroxyl groups excluding tert-OH is 1. The van der Waals surface area contributed by atoms with Crippen LogP contribution in [0.15, 0.2) is 59.2 Å². The molecule has 0 bridgehead atoms. The van der Waals surface area contributed by atoms with E-state index in [2.05, 4.69) is 48.2 Å². The lowest BCUT2D eigenvalue weighted by Gasteiger charge is -2.13. The lowest BCUT2D eigenvalue weighted by molar-refractivity contribution is -0.402. The Morgan fingerprint density at radius 2 is 1.97 bits per heavy atom. The standard InChI is InChI=1S/C23H22BrN5O3/c1-2-8-32-22-19(24)13-26-23(29-22)28-18-10-16(14-30)9-17(12-18)27-21(31)20(25)11-15-6-4-3-5-7-15/h1,3-7,9-10,12-13,20,30H,8,11,14,25H2,(H,27,31)(H,26,28,29)/p+1. The summed E-state index contributed by atoms with van der Waals surface area (Å²) in [6, 6.07) is 14.4. The summed E-state index contributed by atoms with van der Waals surface area (Å²) in [6.45, 7) is -0.131. The van der Waals surface area contributed by atoms with Crippen LogP contribution < -0.4 is 21.1 Å². The number of terminal acetylenes is 1. The molecule has 0 radical (unpaired) electrons. The van der Waals surface area contributed by atoms with Crippen molar-refractivity contribution in [1.29, 1.82) is 0 Å². The van der Waals surface area contributed by atoms with Crippen LogP contribution in [0.4, 0.5) is 17.3 Å². The Labute approximate surface area is 194 Å². The van der Waals surface area contributed by atoms with Crippen molar-refractivity contribution in [3.63, 3.8) is 0 Å². The van der Waals surface area contributed by atoms with Crippen LogP contribution in [0.25, 0.3) is 0 Å². The second-order valence-corrected chi connectivity index (χ2v) is 7.77. The van der Waals surface area contributed by atoms with E-state index in [1.54, 1.807) is 18.2 Å². The molecule has 3 aromatic rings. The Morgan fingerprint density at radius 1 is 1.22 bits per heavy atom. The lowest BCUT2D eigenvalue weighted by Crippen LogP contribution is -2.67. The van der Waals surface area contributed by atoms with E-state index in [1.807, 2.05) is 30.3 Å². The fraction of sp³-hybridized carbons (Fsp3) is 0.174. The van der Waals surface area contributed by atoms with E-state index in [-0.39, 0.29) is 25.1 Å². The summed E-state index contributed by atoms with van der Waals surface area (Å²) >= 11 is 3.31. The van der Waals surface area contributed by atoms with Gasteiger partial charge < -0.3 is 26.2 Å². The summed E-state index contributed by atoms with van der Waals surface area (Å²) < 4.78 is 5.95. The summed E-state index contributed by atoms with van der Waals surface area (Å²) in [4.78, 5) is 21.1. The van der Waals surface area contributed by atoms with Gasteiger partial charge in [-0.05, 0) is 45.3 Å². The normalized spacial score (nSPS) is 11.3. The van der Waals surface area contributed by atoms with Crippen LogP contribution in [0.2, 0.25) is 0 Å². The number of nitrogens with zero attached hydrogens (tertiary/aromatic N) is 2. The first kappa shape index (κ1) is 23.2. The summed E-state index contributed by atoms with van der Waals surface area (Å²) in [5, 5.41) is 15.6. The molecule has 0 saturated carbocycles. The quantitative estimate of drug-likeness (QED) is 0.337. The molecule has 0 saturated heterocycles. The van der Waals surface area contributed by atoms with Crippen LogP contribution in [0, 0.1) is 12.3 Å². The van der Waals surface area contributed by atoms with E-state index in [9.17, 15) is 9.90 Å². The fourth-order valence-corrected chi connectivity index (χ4v) is 3.22. The molecule has 164 valence electrons. The molecular formula is C23H23BrN5O3+. The van der Waals surface area contributed by atoms with Crippen LogP contribution >= 0.6 is 15.9 Å². The number of carbonyl (C=O) groups is 1. The van der Waals surface area contributed by atoms with Crippen molar-refractivity contribution in [1.82, 2.24) is 9.97 Å². The highest BCUT2D eigenvalue weighted by atomic mass is 79.9. The van der Waals surface area contributed by atoms with Gasteiger partial charge in [0.25, 0.3) is 5.91 Å². The Hall–Kier alpha value is -3.45. The Morgan fingerprint density at radius 3 is 2.69 bits per heavy atom. The third kappa shape index (κ3) is 6.52. The number of hydrogen-bond donors (Lipinski definition) is 4. The molecule has 8 nitrogen and oxygen atoms in total. The van der Waals surface area contributed by atoms with Crippen LogP contribution in [0.5, 0.6) is 5.88 Å². The van der Waals surface area contributed by atoms with Crippen molar-refractivity contribution in [3.8, 4) is 18.2 Å². The molecule has 0 fully saturated rings. The number of benzene rings is 2. The largest absolute Gasteiger partial charge is 0.464 e. The van der Waals surface area contributed by atoms with Crippen LogP contribution in [-0.4, -0.2) is 33.6 Å². The van der Waals surface area contributed by atoms with Gasteiger partial charge in [-0.15, -0.1) is 6.42 Å². The predicted octanol–water partition coefficient (Wildman–Crippen LogP) is 2.28. The number of hydrogen-bond acceptors (Lipinski definition) is 6. The Kier molecular flexibility index (Phi) is 8.16. The van der Waals surface area contributed by atoms with Gasteiger partial charge in [0, 0.05) is 17.8 Å². The molecule has 0 aliphatic heterocycles. The Balaban J connectivity index is 1.74. The predicted molar refractivity (Wildman–Crippen MR) is 125 cm³/mol. The first-order valence-electron chi connectivity index (χ1n) is 9.77. The molecule has 0 aliphatic rings. The van der Waals surface area contributed by atoms with Crippen LogP contribution in [0.1, 0.15) is 11.1 Å². The number of quaternary nitrogens is 1. The molecule has 2 aromatic carbocycles. The highest BCUT2D eigenvalue weighted by Gasteiger charge is 2.18. The molecule has 1 unspecified atom stereocenters. The number of carbonyl (C=O) groups excluding carboxylic acids is 1. The van der Waals surface area contributed by atoms with Crippen molar-refractivity contribution in [2.45, 2.75) is 19.1 Å². The number of aliphatic hydroxyl groups is 1. The second kappa shape index (κ2) is 11.2. The maximum Gasteiger partial charge on any atom is 0.282 e. The van der Waals surface area contributed by atoms with Crippen LogP contribution in [0.3, 0.4) is 0 Å². The van der Waals surface area contributed by atoms with Gasteiger partial charge in [0.05, 0.1) is 17.3 Å². The first-order valence-corrected chi connectivity index (χ1v) is 10.6. The summed E-state index contributed by atoms with van der Waals surface area (Å²) in [7, 11) is 0. The molecule has 9 heteroatoms. The van der Waals surface area contributed by atoms with Gasteiger partial charge in [-0.2, -0.15) is 4.98 Å². The number of anilines is 3. The molecule has 1 heterocycles. The zero-order valence-corrected chi connectivity index (χ0v) is 18.8. The fourth-order valence-electron chi connectivity index (χ4n) is 2.92. The molecule has 1 atom stereocenters. The summed E-state index contributed by atoms with van der Waals surface area (Å²) in [6.07, 6.45) is 7.29. The van der Waals surface area contributed by atoms with E-state index in [0.29, 0.717) is 33.7 Å². The van der Waals surface area contributed by atoms with Crippen molar-refractivity contribution < 1.29 is 20.4 Å². The number of nitrogens with one attached hydrogen (secondary N) is 2. The SMILES string of the molecule is C#CCOc1nc(Nc2cc(CO)cc(NC(=O)C([NH3+])Cc3ccccc3)c2)ncc1Br. The second-order valence-electron chi connectivity index (χ2n) is 6.92. The zero-order valence-electron chi connectivity index (χ0n) is 17.2. The highest BCUT2D eigenvalue weighted by Crippen LogP contribution is 2.26. The maximum absolute atomic E-state index is 12.6. The van der Waals surface area contributed by atoms with E-state index in [1.165, 1.54) is 6.20 Å². The molecule has 1 aromatic heterocycles. The Bertz CT molecular complexity index is 1120. The highest BCUT2D eigenvalue weighted by molar-refractivity contribution is 9.10. The molecule has 1 amide bonds. The minimum atomic E-state index is -0.475. The number of ether oxygens (including phenoxy) is 1. The van der Waals surface area contributed by atoms with Crippen molar-refractivity contribution >= 4 is 39.2 Å². The average Bonchev–Trinajstić information content (AvgIpc) is 2.79. The molecule has 0 aliphatic carbocycles. The molecule has 6 N–H and O–H groups in total. The average molecular weight is 497 g/mol. The molecule has 0 spiro atoms. The topological polar surface area (TPSA) is 124 Å². The molecule has 32 heavy (non-hydrogen) atoms. The van der Waals surface area contributed by atoms with E-state index >= 15 is 0 Å². The van der Waals surface area contributed by atoms with E-state index < -0.39 is 6.04 Å². The number of amides is 1. The monoisotopic (exact) mass is 496 g/mol. The van der Waals surface area contributed by atoms with Gasteiger partial charge in [-0.1, -0.05) is 36.3 Å². The number of halogens is 1. The van der Waals surface area contributed by atoms with E-state index in [0.717, 1.165) is 5.56 Å².